The fourth-order valence-electron chi connectivity index (χ4n) is 1.80. The van der Waals surface area contributed by atoms with Crippen LogP contribution in [0.5, 0.6) is 5.75 Å². The number of nitrogens with one attached hydrogen (secondary N) is 1. The highest BCUT2D eigenvalue weighted by molar-refractivity contribution is 6.33. The van der Waals surface area contributed by atoms with E-state index in [1.807, 2.05) is 24.3 Å². The van der Waals surface area contributed by atoms with Crippen LogP contribution in [0, 0.1) is 0 Å². The molecule has 1 unspecified atom stereocenters. The summed E-state index contributed by atoms with van der Waals surface area (Å²) in [6.45, 7) is 0.340. The summed E-state index contributed by atoms with van der Waals surface area (Å²) in [4.78, 5) is 0. The number of methoxy groups -OCH3 is 1. The first-order valence-corrected chi connectivity index (χ1v) is 6.86. The van der Waals surface area contributed by atoms with E-state index >= 15 is 0 Å². The van der Waals surface area contributed by atoms with E-state index in [2.05, 4.69) is 5.32 Å². The fraction of sp³-hybridized carbons (Fsp3) is 0.200. The quantitative estimate of drug-likeness (QED) is 0.871. The van der Waals surface area contributed by atoms with Gasteiger partial charge in [0.2, 0.25) is 0 Å². The number of aliphatic hydroxyl groups is 1. The van der Waals surface area contributed by atoms with Crippen molar-refractivity contribution in [2.24, 2.45) is 0 Å². The first kappa shape index (κ1) is 15.0. The van der Waals surface area contributed by atoms with Crippen LogP contribution in [0.15, 0.2) is 42.5 Å². The van der Waals surface area contributed by atoms with Crippen molar-refractivity contribution in [3.63, 3.8) is 0 Å². The molecule has 2 N–H and O–H groups in total. The molecule has 0 saturated carbocycles. The maximum Gasteiger partial charge on any atom is 0.119 e. The zero-order chi connectivity index (χ0) is 14.5. The van der Waals surface area contributed by atoms with Crippen LogP contribution in [-0.4, -0.2) is 18.8 Å². The van der Waals surface area contributed by atoms with Gasteiger partial charge in [0.05, 0.1) is 13.2 Å². The smallest absolute Gasteiger partial charge is 0.119 e. The predicted octanol–water partition coefficient (Wildman–Crippen LogP) is 4.15. The minimum Gasteiger partial charge on any atom is -0.497 e. The minimum absolute atomic E-state index is 0.340. The monoisotopic (exact) mass is 311 g/mol. The van der Waals surface area contributed by atoms with E-state index in [9.17, 15) is 5.11 Å². The summed E-state index contributed by atoms with van der Waals surface area (Å²) in [5.74, 6) is 0.786. The maximum atomic E-state index is 10.2. The molecule has 0 radical (unpaired) electrons. The molecule has 2 rings (SSSR count). The second-order valence-corrected chi connectivity index (χ2v) is 5.13. The van der Waals surface area contributed by atoms with Gasteiger partial charge in [0, 0.05) is 27.8 Å². The van der Waals surface area contributed by atoms with Crippen LogP contribution >= 0.6 is 23.2 Å². The zero-order valence-corrected chi connectivity index (χ0v) is 12.4. The fourth-order valence-corrected chi connectivity index (χ4v) is 2.23. The Labute approximate surface area is 128 Å². The van der Waals surface area contributed by atoms with Crippen molar-refractivity contribution in [3.8, 4) is 5.75 Å². The summed E-state index contributed by atoms with van der Waals surface area (Å²) in [6, 6.07) is 12.5. The Morgan fingerprint density at radius 3 is 2.50 bits per heavy atom. The summed E-state index contributed by atoms with van der Waals surface area (Å²) < 4.78 is 5.08. The number of rotatable bonds is 5. The van der Waals surface area contributed by atoms with Crippen molar-refractivity contribution in [2.45, 2.75) is 6.10 Å². The molecule has 0 aromatic heterocycles. The lowest BCUT2D eigenvalue weighted by Crippen LogP contribution is -2.12. The maximum absolute atomic E-state index is 10.2. The highest BCUT2D eigenvalue weighted by atomic mass is 35.5. The van der Waals surface area contributed by atoms with Gasteiger partial charge in [0.25, 0.3) is 0 Å². The predicted molar refractivity (Wildman–Crippen MR) is 82.9 cm³/mol. The van der Waals surface area contributed by atoms with E-state index in [0.29, 0.717) is 22.2 Å². The highest BCUT2D eigenvalue weighted by Gasteiger charge is 2.12. The SMILES string of the molecule is COc1ccc(NCC(O)c2cc(Cl)ccc2Cl)cc1. The number of benzene rings is 2. The third kappa shape index (κ3) is 3.79. The molecule has 0 heterocycles. The van der Waals surface area contributed by atoms with Crippen molar-refractivity contribution in [3.05, 3.63) is 58.1 Å². The van der Waals surface area contributed by atoms with Crippen molar-refractivity contribution >= 4 is 28.9 Å². The van der Waals surface area contributed by atoms with E-state index in [0.717, 1.165) is 11.4 Å². The average molecular weight is 312 g/mol. The van der Waals surface area contributed by atoms with Gasteiger partial charge in [-0.05, 0) is 42.5 Å². The number of halogens is 2. The largest absolute Gasteiger partial charge is 0.497 e. The first-order valence-electron chi connectivity index (χ1n) is 6.11. The van der Waals surface area contributed by atoms with Gasteiger partial charge in [-0.1, -0.05) is 23.2 Å². The number of hydrogen-bond acceptors (Lipinski definition) is 3. The Hall–Kier alpha value is -1.42. The molecular weight excluding hydrogens is 297 g/mol. The molecule has 0 fully saturated rings. The molecule has 106 valence electrons. The molecule has 3 nitrogen and oxygen atoms in total. The Bertz CT molecular complexity index is 573. The Kier molecular flexibility index (Phi) is 5.12. The Balaban J connectivity index is 2.00. The number of ether oxygens (including phenoxy) is 1. The van der Waals surface area contributed by atoms with Crippen LogP contribution in [0.1, 0.15) is 11.7 Å². The molecule has 0 amide bonds. The molecule has 0 aliphatic carbocycles. The molecule has 20 heavy (non-hydrogen) atoms. The lowest BCUT2D eigenvalue weighted by molar-refractivity contribution is 0.192. The van der Waals surface area contributed by atoms with Gasteiger partial charge in [-0.2, -0.15) is 0 Å². The highest BCUT2D eigenvalue weighted by Crippen LogP contribution is 2.26. The van der Waals surface area contributed by atoms with Crippen LogP contribution in [0.2, 0.25) is 10.0 Å². The first-order chi connectivity index (χ1) is 9.60. The van der Waals surface area contributed by atoms with Gasteiger partial charge in [-0.3, -0.25) is 0 Å². The van der Waals surface area contributed by atoms with Crippen LogP contribution in [0.25, 0.3) is 0 Å². The van der Waals surface area contributed by atoms with Crippen LogP contribution < -0.4 is 10.1 Å². The molecule has 2 aromatic rings. The average Bonchev–Trinajstić information content (AvgIpc) is 2.47. The lowest BCUT2D eigenvalue weighted by atomic mass is 10.1. The van der Waals surface area contributed by atoms with Crippen molar-refractivity contribution < 1.29 is 9.84 Å². The van der Waals surface area contributed by atoms with Crippen LogP contribution in [0.4, 0.5) is 5.69 Å². The Morgan fingerprint density at radius 2 is 1.85 bits per heavy atom. The topological polar surface area (TPSA) is 41.5 Å². The van der Waals surface area contributed by atoms with E-state index in [-0.39, 0.29) is 0 Å². The standard InChI is InChI=1S/C15H15Cl2NO2/c1-20-12-5-3-11(4-6-12)18-9-15(19)13-8-10(16)2-7-14(13)17/h2-8,15,18-19H,9H2,1H3. The molecule has 0 aliphatic heterocycles. The van der Waals surface area contributed by atoms with Gasteiger partial charge >= 0.3 is 0 Å². The van der Waals surface area contributed by atoms with Crippen molar-refractivity contribution in [2.75, 3.05) is 19.0 Å². The third-order valence-corrected chi connectivity index (χ3v) is 3.49. The van der Waals surface area contributed by atoms with Crippen molar-refractivity contribution in [1.29, 1.82) is 0 Å². The van der Waals surface area contributed by atoms with E-state index in [1.165, 1.54) is 0 Å². The molecule has 0 bridgehead atoms. The van der Waals surface area contributed by atoms with Crippen LogP contribution in [0.3, 0.4) is 0 Å². The van der Waals surface area contributed by atoms with Gasteiger partial charge < -0.3 is 15.2 Å². The number of hydrogen-bond donors (Lipinski definition) is 2. The molecular formula is C15H15Cl2NO2. The molecule has 0 spiro atoms. The van der Waals surface area contributed by atoms with Crippen molar-refractivity contribution in [1.82, 2.24) is 0 Å². The van der Waals surface area contributed by atoms with Gasteiger partial charge in [0.1, 0.15) is 5.75 Å². The summed E-state index contributed by atoms with van der Waals surface area (Å²) >= 11 is 12.0. The Morgan fingerprint density at radius 1 is 1.15 bits per heavy atom. The van der Waals surface area contributed by atoms with E-state index < -0.39 is 6.10 Å². The molecule has 0 saturated heterocycles. The van der Waals surface area contributed by atoms with Gasteiger partial charge in [0.15, 0.2) is 0 Å². The van der Waals surface area contributed by atoms with E-state index in [4.69, 9.17) is 27.9 Å². The zero-order valence-electron chi connectivity index (χ0n) is 10.9. The minimum atomic E-state index is -0.733. The molecule has 1 atom stereocenters. The summed E-state index contributed by atoms with van der Waals surface area (Å²) in [6.07, 6.45) is -0.733. The van der Waals surface area contributed by atoms with Gasteiger partial charge in [-0.25, -0.2) is 0 Å². The van der Waals surface area contributed by atoms with E-state index in [1.54, 1.807) is 25.3 Å². The molecule has 5 heteroatoms. The van der Waals surface area contributed by atoms with Gasteiger partial charge in [-0.15, -0.1) is 0 Å². The van der Waals surface area contributed by atoms with Crippen LogP contribution in [-0.2, 0) is 0 Å². The molecule has 0 aliphatic rings. The molecule has 2 aromatic carbocycles. The normalized spacial score (nSPS) is 12.0. The summed E-state index contributed by atoms with van der Waals surface area (Å²) in [7, 11) is 1.62. The third-order valence-electron chi connectivity index (χ3n) is 2.91. The second-order valence-electron chi connectivity index (χ2n) is 4.29. The summed E-state index contributed by atoms with van der Waals surface area (Å²) in [5, 5.41) is 14.3. The summed E-state index contributed by atoms with van der Waals surface area (Å²) in [5.41, 5.74) is 1.50. The lowest BCUT2D eigenvalue weighted by Gasteiger charge is -2.15. The second kappa shape index (κ2) is 6.84. The number of anilines is 1. The number of aliphatic hydroxyl groups excluding tert-OH is 1.